The summed E-state index contributed by atoms with van der Waals surface area (Å²) >= 11 is 0. The van der Waals surface area contributed by atoms with Crippen molar-refractivity contribution >= 4 is 0 Å². The van der Waals surface area contributed by atoms with Gasteiger partial charge in [0.15, 0.2) is 0 Å². The molecule has 0 radical (unpaired) electrons. The summed E-state index contributed by atoms with van der Waals surface area (Å²) in [7, 11) is 1.81. The molecule has 2 nitrogen and oxygen atoms in total. The lowest BCUT2D eigenvalue weighted by Gasteiger charge is -2.26. The highest BCUT2D eigenvalue weighted by Gasteiger charge is 2.18. The molecule has 0 aliphatic carbocycles. The molecule has 16 heavy (non-hydrogen) atoms. The Labute approximate surface area is 101 Å². The van der Waals surface area contributed by atoms with Gasteiger partial charge in [-0.1, -0.05) is 20.3 Å². The summed E-state index contributed by atoms with van der Waals surface area (Å²) in [6, 6.07) is 0.450. The molecule has 2 heteroatoms. The van der Waals surface area contributed by atoms with Gasteiger partial charge in [0.1, 0.15) is 0 Å². The molecule has 2 atom stereocenters. The largest absolute Gasteiger partial charge is 0.380 e. The SMILES string of the molecule is CC#CCCC(NCCC)C(CCC)OC. The van der Waals surface area contributed by atoms with E-state index in [1.54, 1.807) is 0 Å². The van der Waals surface area contributed by atoms with E-state index >= 15 is 0 Å². The van der Waals surface area contributed by atoms with E-state index in [-0.39, 0.29) is 0 Å². The maximum atomic E-state index is 5.57. The molecule has 0 rings (SSSR count). The van der Waals surface area contributed by atoms with E-state index in [0.29, 0.717) is 12.1 Å². The average molecular weight is 225 g/mol. The molecule has 0 aromatic carbocycles. The second kappa shape index (κ2) is 11.0. The average Bonchev–Trinajstić information content (AvgIpc) is 2.31. The lowest BCUT2D eigenvalue weighted by atomic mass is 10.0. The van der Waals surface area contributed by atoms with E-state index in [2.05, 4.69) is 31.0 Å². The van der Waals surface area contributed by atoms with E-state index in [1.165, 1.54) is 12.8 Å². The van der Waals surface area contributed by atoms with Crippen LogP contribution in [0.25, 0.3) is 0 Å². The standard InChI is InChI=1S/C14H27NO/c1-5-8-9-11-13(15-12-7-3)14(16-4)10-6-2/h13-15H,6-7,9-12H2,1-4H3. The van der Waals surface area contributed by atoms with Gasteiger partial charge in [-0.2, -0.15) is 0 Å². The summed E-state index contributed by atoms with van der Waals surface area (Å²) in [6.45, 7) is 7.36. The van der Waals surface area contributed by atoms with Gasteiger partial charge in [-0.25, -0.2) is 0 Å². The number of nitrogens with one attached hydrogen (secondary N) is 1. The summed E-state index contributed by atoms with van der Waals surface area (Å²) in [5.41, 5.74) is 0. The van der Waals surface area contributed by atoms with Crippen molar-refractivity contribution in [2.24, 2.45) is 0 Å². The molecular weight excluding hydrogens is 198 g/mol. The monoisotopic (exact) mass is 225 g/mol. The molecule has 0 aromatic heterocycles. The molecule has 0 aliphatic rings. The van der Waals surface area contributed by atoms with Gasteiger partial charge >= 0.3 is 0 Å². The molecule has 0 fully saturated rings. The Morgan fingerprint density at radius 3 is 2.44 bits per heavy atom. The van der Waals surface area contributed by atoms with Crippen LogP contribution >= 0.6 is 0 Å². The maximum absolute atomic E-state index is 5.57. The van der Waals surface area contributed by atoms with Crippen molar-refractivity contribution in [3.63, 3.8) is 0 Å². The van der Waals surface area contributed by atoms with Crippen LogP contribution in [0.5, 0.6) is 0 Å². The second-order valence-electron chi connectivity index (χ2n) is 4.09. The van der Waals surface area contributed by atoms with Crippen LogP contribution in [0.3, 0.4) is 0 Å². The predicted octanol–water partition coefficient (Wildman–Crippen LogP) is 2.97. The van der Waals surface area contributed by atoms with Crippen molar-refractivity contribution in [1.82, 2.24) is 5.32 Å². The zero-order valence-electron chi connectivity index (χ0n) is 11.3. The van der Waals surface area contributed by atoms with E-state index in [1.807, 2.05) is 14.0 Å². The maximum Gasteiger partial charge on any atom is 0.0724 e. The summed E-state index contributed by atoms with van der Waals surface area (Å²) in [6.07, 6.45) is 5.83. The van der Waals surface area contributed by atoms with Crippen LogP contribution in [0.15, 0.2) is 0 Å². The predicted molar refractivity (Wildman–Crippen MR) is 70.5 cm³/mol. The first-order chi connectivity index (χ1) is 7.79. The molecule has 0 saturated heterocycles. The van der Waals surface area contributed by atoms with Gasteiger partial charge in [0.05, 0.1) is 6.10 Å². The summed E-state index contributed by atoms with van der Waals surface area (Å²) in [4.78, 5) is 0. The molecule has 0 aromatic rings. The summed E-state index contributed by atoms with van der Waals surface area (Å²) < 4.78 is 5.57. The highest BCUT2D eigenvalue weighted by molar-refractivity contribution is 4.96. The molecule has 0 heterocycles. The Morgan fingerprint density at radius 1 is 1.19 bits per heavy atom. The fraction of sp³-hybridized carbons (Fsp3) is 0.857. The third-order valence-corrected chi connectivity index (χ3v) is 2.74. The van der Waals surface area contributed by atoms with Crippen LogP contribution in [0.2, 0.25) is 0 Å². The van der Waals surface area contributed by atoms with E-state index < -0.39 is 0 Å². The van der Waals surface area contributed by atoms with Crippen molar-refractivity contribution < 1.29 is 4.74 Å². The molecule has 0 amide bonds. The lowest BCUT2D eigenvalue weighted by Crippen LogP contribution is -2.41. The first-order valence-electron chi connectivity index (χ1n) is 6.45. The van der Waals surface area contributed by atoms with Gasteiger partial charge in [-0.3, -0.25) is 0 Å². The van der Waals surface area contributed by atoms with Gasteiger partial charge in [-0.05, 0) is 32.7 Å². The second-order valence-corrected chi connectivity index (χ2v) is 4.09. The summed E-state index contributed by atoms with van der Waals surface area (Å²) in [5.74, 6) is 6.08. The quantitative estimate of drug-likeness (QED) is 0.609. The lowest BCUT2D eigenvalue weighted by molar-refractivity contribution is 0.0586. The van der Waals surface area contributed by atoms with Crippen LogP contribution in [0.4, 0.5) is 0 Å². The van der Waals surface area contributed by atoms with Crippen LogP contribution < -0.4 is 5.32 Å². The topological polar surface area (TPSA) is 21.3 Å². The first kappa shape index (κ1) is 15.5. The fourth-order valence-corrected chi connectivity index (χ4v) is 1.87. The van der Waals surface area contributed by atoms with Crippen molar-refractivity contribution in [3.8, 4) is 11.8 Å². The molecule has 0 saturated carbocycles. The fourth-order valence-electron chi connectivity index (χ4n) is 1.87. The van der Waals surface area contributed by atoms with E-state index in [9.17, 15) is 0 Å². The Kier molecular flexibility index (Phi) is 10.6. The smallest absolute Gasteiger partial charge is 0.0724 e. The highest BCUT2D eigenvalue weighted by Crippen LogP contribution is 2.11. The minimum Gasteiger partial charge on any atom is -0.380 e. The Balaban J connectivity index is 4.16. The molecule has 0 spiro atoms. The van der Waals surface area contributed by atoms with Gasteiger partial charge in [0, 0.05) is 19.6 Å². The first-order valence-corrected chi connectivity index (χ1v) is 6.45. The van der Waals surface area contributed by atoms with Crippen LogP contribution in [0, 0.1) is 11.8 Å². The van der Waals surface area contributed by atoms with Crippen LogP contribution in [-0.4, -0.2) is 25.8 Å². The minimum atomic E-state index is 0.329. The van der Waals surface area contributed by atoms with Crippen molar-refractivity contribution in [1.29, 1.82) is 0 Å². The highest BCUT2D eigenvalue weighted by atomic mass is 16.5. The molecule has 0 bridgehead atoms. The minimum absolute atomic E-state index is 0.329. The molecule has 1 N–H and O–H groups in total. The van der Waals surface area contributed by atoms with Gasteiger partial charge in [0.2, 0.25) is 0 Å². The van der Waals surface area contributed by atoms with Gasteiger partial charge in [0.25, 0.3) is 0 Å². The van der Waals surface area contributed by atoms with Gasteiger partial charge in [-0.15, -0.1) is 11.8 Å². The Bertz CT molecular complexity index is 205. The van der Waals surface area contributed by atoms with Crippen LogP contribution in [-0.2, 0) is 4.74 Å². The molecule has 94 valence electrons. The summed E-state index contributed by atoms with van der Waals surface area (Å²) in [5, 5.41) is 3.57. The normalized spacial score (nSPS) is 14.0. The van der Waals surface area contributed by atoms with Crippen molar-refractivity contribution in [2.75, 3.05) is 13.7 Å². The molecular formula is C14H27NO. The van der Waals surface area contributed by atoms with E-state index in [4.69, 9.17) is 4.74 Å². The van der Waals surface area contributed by atoms with Gasteiger partial charge < -0.3 is 10.1 Å². The number of ether oxygens (including phenoxy) is 1. The number of methoxy groups -OCH3 is 1. The third-order valence-electron chi connectivity index (χ3n) is 2.74. The number of hydrogen-bond donors (Lipinski definition) is 1. The Morgan fingerprint density at radius 2 is 1.94 bits per heavy atom. The third kappa shape index (κ3) is 6.87. The zero-order valence-corrected chi connectivity index (χ0v) is 11.3. The zero-order chi connectivity index (χ0) is 12.2. The van der Waals surface area contributed by atoms with E-state index in [0.717, 1.165) is 25.8 Å². The van der Waals surface area contributed by atoms with Crippen molar-refractivity contribution in [3.05, 3.63) is 0 Å². The molecule has 0 aliphatic heterocycles. The molecule has 2 unspecified atom stereocenters. The van der Waals surface area contributed by atoms with Crippen molar-refractivity contribution in [2.45, 2.75) is 65.0 Å². The Hall–Kier alpha value is -0.520. The van der Waals surface area contributed by atoms with Crippen LogP contribution in [0.1, 0.15) is 52.9 Å². The number of rotatable bonds is 9. The number of hydrogen-bond acceptors (Lipinski definition) is 2.